The predicted molar refractivity (Wildman–Crippen MR) is 72.7 cm³/mol. The van der Waals surface area contributed by atoms with Gasteiger partial charge in [0, 0.05) is 31.7 Å². The summed E-state index contributed by atoms with van der Waals surface area (Å²) in [7, 11) is 3.19. The van der Waals surface area contributed by atoms with Crippen molar-refractivity contribution in [1.82, 2.24) is 10.2 Å². The van der Waals surface area contributed by atoms with Crippen LogP contribution in [0.1, 0.15) is 11.6 Å². The van der Waals surface area contributed by atoms with E-state index in [1.54, 1.807) is 14.2 Å². The van der Waals surface area contributed by atoms with Gasteiger partial charge in [0.2, 0.25) is 0 Å². The summed E-state index contributed by atoms with van der Waals surface area (Å²) >= 11 is 0. The van der Waals surface area contributed by atoms with E-state index in [9.17, 15) is 4.39 Å². The summed E-state index contributed by atoms with van der Waals surface area (Å²) in [5.41, 5.74) is 0.853. The average molecular weight is 268 g/mol. The Labute approximate surface area is 113 Å². The van der Waals surface area contributed by atoms with Crippen LogP contribution in [0.3, 0.4) is 0 Å². The molecule has 1 N–H and O–H groups in total. The van der Waals surface area contributed by atoms with Gasteiger partial charge in [-0.2, -0.15) is 0 Å². The number of hydrogen-bond acceptors (Lipinski definition) is 4. The summed E-state index contributed by atoms with van der Waals surface area (Å²) in [6, 6.07) is 5.34. The fourth-order valence-corrected chi connectivity index (χ4v) is 2.55. The van der Waals surface area contributed by atoms with E-state index in [0.717, 1.165) is 31.7 Å². The van der Waals surface area contributed by atoms with E-state index in [0.29, 0.717) is 11.5 Å². The van der Waals surface area contributed by atoms with Gasteiger partial charge in [-0.1, -0.05) is 12.1 Å². The number of methoxy groups -OCH3 is 2. The lowest BCUT2D eigenvalue weighted by Crippen LogP contribution is -2.45. The lowest BCUT2D eigenvalue weighted by Gasteiger charge is -2.34. The Morgan fingerprint density at radius 3 is 2.58 bits per heavy atom. The van der Waals surface area contributed by atoms with Gasteiger partial charge in [0.15, 0.2) is 11.5 Å². The Bertz CT molecular complexity index is 408. The number of halogens is 1. The summed E-state index contributed by atoms with van der Waals surface area (Å²) in [6.07, 6.45) is 0. The highest BCUT2D eigenvalue weighted by Gasteiger charge is 2.26. The van der Waals surface area contributed by atoms with Crippen molar-refractivity contribution in [2.45, 2.75) is 6.04 Å². The number of alkyl halides is 1. The number of para-hydroxylation sites is 1. The highest BCUT2D eigenvalue weighted by molar-refractivity contribution is 5.48. The molecule has 0 amide bonds. The largest absolute Gasteiger partial charge is 0.493 e. The van der Waals surface area contributed by atoms with Gasteiger partial charge in [0.1, 0.15) is 6.67 Å². The number of benzene rings is 1. The van der Waals surface area contributed by atoms with Crippen LogP contribution in [0.2, 0.25) is 0 Å². The first kappa shape index (κ1) is 14.1. The minimum Gasteiger partial charge on any atom is -0.493 e. The van der Waals surface area contributed by atoms with Crippen molar-refractivity contribution >= 4 is 0 Å². The molecule has 19 heavy (non-hydrogen) atoms. The maximum atomic E-state index is 13.5. The molecule has 0 saturated carbocycles. The number of nitrogens with one attached hydrogen (secondary N) is 1. The van der Waals surface area contributed by atoms with Crippen molar-refractivity contribution in [2.75, 3.05) is 47.1 Å². The minimum absolute atomic E-state index is 0.271. The average Bonchev–Trinajstić information content (AvgIpc) is 2.48. The van der Waals surface area contributed by atoms with Crippen molar-refractivity contribution in [3.63, 3.8) is 0 Å². The van der Waals surface area contributed by atoms with Crippen LogP contribution in [-0.2, 0) is 0 Å². The van der Waals surface area contributed by atoms with E-state index in [1.807, 2.05) is 18.2 Å². The maximum absolute atomic E-state index is 13.5. The summed E-state index contributed by atoms with van der Waals surface area (Å²) in [5, 5.41) is 3.28. The molecule has 0 aromatic heterocycles. The van der Waals surface area contributed by atoms with E-state index < -0.39 is 6.67 Å². The van der Waals surface area contributed by atoms with E-state index in [4.69, 9.17) is 9.47 Å². The number of rotatable bonds is 5. The molecule has 0 spiro atoms. The molecule has 2 rings (SSSR count). The summed E-state index contributed by atoms with van der Waals surface area (Å²) < 4.78 is 24.2. The van der Waals surface area contributed by atoms with Crippen LogP contribution in [0.4, 0.5) is 4.39 Å². The van der Waals surface area contributed by atoms with Crippen LogP contribution in [0, 0.1) is 0 Å². The summed E-state index contributed by atoms with van der Waals surface area (Å²) in [6.45, 7) is 3.04. The molecule has 1 aromatic rings. The van der Waals surface area contributed by atoms with E-state index in [1.165, 1.54) is 0 Å². The summed E-state index contributed by atoms with van der Waals surface area (Å²) in [4.78, 5) is 2.15. The lowest BCUT2D eigenvalue weighted by molar-refractivity contribution is 0.144. The number of ether oxygens (including phenoxy) is 2. The third-order valence-electron chi connectivity index (χ3n) is 3.53. The normalized spacial score (nSPS) is 18.1. The Morgan fingerprint density at radius 1 is 1.26 bits per heavy atom. The molecule has 0 radical (unpaired) electrons. The second kappa shape index (κ2) is 6.73. The molecular formula is C14H21FN2O2. The SMILES string of the molecule is COc1cccc([C@@H](CF)N2CCNCC2)c1OC. The van der Waals surface area contributed by atoms with E-state index >= 15 is 0 Å². The number of piperazine rings is 1. The Balaban J connectivity index is 2.31. The molecule has 106 valence electrons. The second-order valence-corrected chi connectivity index (χ2v) is 4.54. The molecule has 0 bridgehead atoms. The zero-order chi connectivity index (χ0) is 13.7. The number of nitrogens with zero attached hydrogens (tertiary/aromatic N) is 1. The molecule has 0 unspecified atom stereocenters. The van der Waals surface area contributed by atoms with Gasteiger partial charge >= 0.3 is 0 Å². The van der Waals surface area contributed by atoms with Crippen molar-refractivity contribution in [1.29, 1.82) is 0 Å². The van der Waals surface area contributed by atoms with E-state index in [2.05, 4.69) is 10.2 Å². The van der Waals surface area contributed by atoms with Crippen molar-refractivity contribution in [3.05, 3.63) is 23.8 Å². The first-order valence-electron chi connectivity index (χ1n) is 6.53. The highest BCUT2D eigenvalue weighted by atomic mass is 19.1. The molecular weight excluding hydrogens is 247 g/mol. The first-order chi connectivity index (χ1) is 9.31. The quantitative estimate of drug-likeness (QED) is 0.880. The van der Waals surface area contributed by atoms with Crippen LogP contribution in [-0.4, -0.2) is 52.0 Å². The Kier molecular flexibility index (Phi) is 4.99. The predicted octanol–water partition coefficient (Wildman–Crippen LogP) is 1.62. The van der Waals surface area contributed by atoms with Crippen molar-refractivity contribution in [3.8, 4) is 11.5 Å². The smallest absolute Gasteiger partial charge is 0.165 e. The molecule has 1 heterocycles. The van der Waals surface area contributed by atoms with Crippen molar-refractivity contribution < 1.29 is 13.9 Å². The maximum Gasteiger partial charge on any atom is 0.165 e. The molecule has 1 atom stereocenters. The zero-order valence-electron chi connectivity index (χ0n) is 11.5. The Morgan fingerprint density at radius 2 is 2.00 bits per heavy atom. The van der Waals surface area contributed by atoms with Gasteiger partial charge in [-0.15, -0.1) is 0 Å². The molecule has 4 nitrogen and oxygen atoms in total. The van der Waals surface area contributed by atoms with Crippen molar-refractivity contribution in [2.24, 2.45) is 0 Å². The van der Waals surface area contributed by atoms with Gasteiger partial charge in [-0.05, 0) is 6.07 Å². The van der Waals surface area contributed by atoms with Crippen LogP contribution >= 0.6 is 0 Å². The highest BCUT2D eigenvalue weighted by Crippen LogP contribution is 2.37. The molecule has 1 aromatic carbocycles. The van der Waals surface area contributed by atoms with Gasteiger partial charge in [-0.25, -0.2) is 4.39 Å². The van der Waals surface area contributed by atoms with E-state index in [-0.39, 0.29) is 6.04 Å². The molecule has 1 saturated heterocycles. The van der Waals surface area contributed by atoms with Crippen LogP contribution < -0.4 is 14.8 Å². The molecule has 1 aliphatic rings. The molecule has 1 aliphatic heterocycles. The molecule has 5 heteroatoms. The summed E-state index contributed by atoms with van der Waals surface area (Å²) in [5.74, 6) is 1.28. The third-order valence-corrected chi connectivity index (χ3v) is 3.53. The van der Waals surface area contributed by atoms with Gasteiger partial charge < -0.3 is 14.8 Å². The first-order valence-corrected chi connectivity index (χ1v) is 6.53. The van der Waals surface area contributed by atoms with Crippen LogP contribution in [0.25, 0.3) is 0 Å². The molecule has 0 aliphatic carbocycles. The van der Waals surface area contributed by atoms with Crippen LogP contribution in [0.15, 0.2) is 18.2 Å². The fraction of sp³-hybridized carbons (Fsp3) is 0.571. The topological polar surface area (TPSA) is 33.7 Å². The zero-order valence-corrected chi connectivity index (χ0v) is 11.5. The standard InChI is InChI=1S/C14H21FN2O2/c1-18-13-5-3-4-11(14(13)19-2)12(10-15)17-8-6-16-7-9-17/h3-5,12,16H,6-10H2,1-2H3/t12-/m1/s1. The van der Waals surface area contributed by atoms with Gasteiger partial charge in [0.05, 0.1) is 20.3 Å². The van der Waals surface area contributed by atoms with Gasteiger partial charge in [0.25, 0.3) is 0 Å². The van der Waals surface area contributed by atoms with Gasteiger partial charge in [-0.3, -0.25) is 4.90 Å². The third kappa shape index (κ3) is 2.98. The number of hydrogen-bond donors (Lipinski definition) is 1. The lowest BCUT2D eigenvalue weighted by atomic mass is 10.0. The minimum atomic E-state index is -0.427. The second-order valence-electron chi connectivity index (χ2n) is 4.54. The van der Waals surface area contributed by atoms with Crippen LogP contribution in [0.5, 0.6) is 11.5 Å². The Hall–Kier alpha value is -1.33. The fourth-order valence-electron chi connectivity index (χ4n) is 2.55. The monoisotopic (exact) mass is 268 g/mol. The molecule has 1 fully saturated rings.